The number of Topliss-reactive ketones (excluding diaryl/α,β-unsaturated/α-hetero) is 1. The van der Waals surface area contributed by atoms with Gasteiger partial charge in [0.05, 0.1) is 11.7 Å². The second kappa shape index (κ2) is 4.55. The van der Waals surface area contributed by atoms with E-state index in [1.807, 2.05) is 0 Å². The van der Waals surface area contributed by atoms with Crippen LogP contribution in [-0.2, 0) is 0 Å². The van der Waals surface area contributed by atoms with E-state index >= 15 is 0 Å². The van der Waals surface area contributed by atoms with Gasteiger partial charge in [-0.1, -0.05) is 0 Å². The highest BCUT2D eigenvalue weighted by molar-refractivity contribution is 5.95. The molecule has 5 heteroatoms. The third-order valence-electron chi connectivity index (χ3n) is 1.83. The second-order valence-corrected chi connectivity index (χ2v) is 3.58. The zero-order chi connectivity index (χ0) is 12.5. The molecule has 0 aliphatic carbocycles. The molecule has 0 spiro atoms. The van der Waals surface area contributed by atoms with Crippen molar-refractivity contribution in [3.63, 3.8) is 0 Å². The minimum Gasteiger partial charge on any atom is -0.485 e. The fourth-order valence-corrected chi connectivity index (χ4v) is 1.24. The van der Waals surface area contributed by atoms with E-state index in [0.29, 0.717) is 6.07 Å². The summed E-state index contributed by atoms with van der Waals surface area (Å²) in [5.74, 6) is -5.21. The number of benzene rings is 1. The summed E-state index contributed by atoms with van der Waals surface area (Å²) in [6.45, 7) is 4.13. The molecule has 0 aliphatic heterocycles. The fraction of sp³-hybridized carbons (Fsp3) is 0.364. The molecule has 0 unspecified atom stereocenters. The summed E-state index contributed by atoms with van der Waals surface area (Å²) in [4.78, 5) is 11.0. The molecule has 0 heterocycles. The van der Waals surface area contributed by atoms with Gasteiger partial charge in [-0.05, 0) is 20.8 Å². The third kappa shape index (κ3) is 2.35. The number of ketones is 1. The van der Waals surface area contributed by atoms with Gasteiger partial charge in [0.25, 0.3) is 0 Å². The van der Waals surface area contributed by atoms with Crippen molar-refractivity contribution < 1.29 is 22.7 Å². The molecular weight excluding hydrogens is 221 g/mol. The van der Waals surface area contributed by atoms with Gasteiger partial charge in [-0.3, -0.25) is 4.79 Å². The second-order valence-electron chi connectivity index (χ2n) is 3.58. The van der Waals surface area contributed by atoms with Gasteiger partial charge in [0.15, 0.2) is 23.2 Å². The number of halogens is 3. The zero-order valence-corrected chi connectivity index (χ0v) is 9.11. The van der Waals surface area contributed by atoms with E-state index in [0.717, 1.165) is 6.92 Å². The SMILES string of the molecule is CC(=O)c1c(F)cc(F)c(OC(C)C)c1F. The van der Waals surface area contributed by atoms with Crippen molar-refractivity contribution in [1.82, 2.24) is 0 Å². The lowest BCUT2D eigenvalue weighted by Gasteiger charge is -2.13. The molecule has 0 N–H and O–H groups in total. The first-order valence-corrected chi connectivity index (χ1v) is 4.69. The topological polar surface area (TPSA) is 26.3 Å². The Bertz CT molecular complexity index is 428. The normalized spacial score (nSPS) is 10.7. The number of carbonyl (C=O) groups excluding carboxylic acids is 1. The van der Waals surface area contributed by atoms with Gasteiger partial charge in [0.2, 0.25) is 0 Å². The maximum atomic E-state index is 13.6. The van der Waals surface area contributed by atoms with Gasteiger partial charge in [0, 0.05) is 6.07 Å². The Morgan fingerprint density at radius 1 is 1.25 bits per heavy atom. The van der Waals surface area contributed by atoms with Crippen molar-refractivity contribution in [3.05, 3.63) is 29.1 Å². The van der Waals surface area contributed by atoms with Crippen molar-refractivity contribution in [2.75, 3.05) is 0 Å². The Labute approximate surface area is 91.0 Å². The molecule has 0 saturated heterocycles. The molecule has 1 aromatic carbocycles. The minimum atomic E-state index is -1.29. The van der Waals surface area contributed by atoms with Gasteiger partial charge in [-0.25, -0.2) is 13.2 Å². The van der Waals surface area contributed by atoms with Crippen LogP contribution < -0.4 is 4.74 Å². The average molecular weight is 232 g/mol. The van der Waals surface area contributed by atoms with Crippen LogP contribution in [0, 0.1) is 17.5 Å². The largest absolute Gasteiger partial charge is 0.485 e. The zero-order valence-electron chi connectivity index (χ0n) is 9.11. The minimum absolute atomic E-state index is 0.442. The number of hydrogen-bond donors (Lipinski definition) is 0. The van der Waals surface area contributed by atoms with Crippen LogP contribution in [0.1, 0.15) is 31.1 Å². The van der Waals surface area contributed by atoms with Crippen LogP contribution >= 0.6 is 0 Å². The monoisotopic (exact) mass is 232 g/mol. The molecule has 0 radical (unpaired) electrons. The van der Waals surface area contributed by atoms with Crippen molar-refractivity contribution in [2.24, 2.45) is 0 Å². The highest BCUT2D eigenvalue weighted by Gasteiger charge is 2.23. The van der Waals surface area contributed by atoms with Crippen LogP contribution in [0.5, 0.6) is 5.75 Å². The predicted molar refractivity (Wildman–Crippen MR) is 52.1 cm³/mol. The number of carbonyl (C=O) groups is 1. The molecule has 0 bridgehead atoms. The first-order chi connectivity index (χ1) is 7.34. The highest BCUT2D eigenvalue weighted by Crippen LogP contribution is 2.28. The molecule has 1 aromatic rings. The molecule has 2 nitrogen and oxygen atoms in total. The Hall–Kier alpha value is -1.52. The maximum Gasteiger partial charge on any atom is 0.192 e. The molecule has 0 aromatic heterocycles. The van der Waals surface area contributed by atoms with Crippen LogP contribution in [0.3, 0.4) is 0 Å². The molecule has 0 saturated carbocycles. The summed E-state index contributed by atoms with van der Waals surface area (Å²) >= 11 is 0. The summed E-state index contributed by atoms with van der Waals surface area (Å²) in [5, 5.41) is 0. The molecule has 0 fully saturated rings. The quantitative estimate of drug-likeness (QED) is 0.748. The summed E-state index contributed by atoms with van der Waals surface area (Å²) in [6, 6.07) is 0.442. The summed E-state index contributed by atoms with van der Waals surface area (Å²) in [5.41, 5.74) is -0.781. The van der Waals surface area contributed by atoms with Crippen molar-refractivity contribution in [3.8, 4) is 5.75 Å². The van der Waals surface area contributed by atoms with Crippen LogP contribution in [0.25, 0.3) is 0 Å². The third-order valence-corrected chi connectivity index (χ3v) is 1.83. The molecule has 0 amide bonds. The van der Waals surface area contributed by atoms with E-state index in [1.54, 1.807) is 13.8 Å². The molecule has 0 aliphatic rings. The van der Waals surface area contributed by atoms with E-state index in [9.17, 15) is 18.0 Å². The summed E-state index contributed by atoms with van der Waals surface area (Å²) in [6.07, 6.45) is -0.478. The fourth-order valence-electron chi connectivity index (χ4n) is 1.24. The Morgan fingerprint density at radius 2 is 1.81 bits per heavy atom. The van der Waals surface area contributed by atoms with Crippen molar-refractivity contribution in [1.29, 1.82) is 0 Å². The number of ether oxygens (including phenoxy) is 1. The molecule has 88 valence electrons. The van der Waals surface area contributed by atoms with Crippen LogP contribution in [-0.4, -0.2) is 11.9 Å². The Balaban J connectivity index is 3.39. The lowest BCUT2D eigenvalue weighted by Crippen LogP contribution is -2.12. The molecule has 0 atom stereocenters. The standard InChI is InChI=1S/C11H11F3O2/c1-5(2)16-11-8(13)4-7(12)9(6(3)15)10(11)14/h4-5H,1-3H3. The summed E-state index contributed by atoms with van der Waals surface area (Å²) in [7, 11) is 0. The molecule has 1 rings (SSSR count). The van der Waals surface area contributed by atoms with Crippen molar-refractivity contribution >= 4 is 5.78 Å². The van der Waals surface area contributed by atoms with Gasteiger partial charge in [0.1, 0.15) is 5.82 Å². The van der Waals surface area contributed by atoms with Gasteiger partial charge in [-0.2, -0.15) is 0 Å². The first kappa shape index (κ1) is 12.5. The number of rotatable bonds is 3. The lowest BCUT2D eigenvalue weighted by atomic mass is 10.1. The van der Waals surface area contributed by atoms with Gasteiger partial charge < -0.3 is 4.74 Å². The van der Waals surface area contributed by atoms with Crippen LogP contribution in [0.15, 0.2) is 6.07 Å². The lowest BCUT2D eigenvalue weighted by molar-refractivity contribution is 0.100. The summed E-state index contributed by atoms with van der Waals surface area (Å²) < 4.78 is 44.8. The Kier molecular flexibility index (Phi) is 3.57. The van der Waals surface area contributed by atoms with E-state index in [1.165, 1.54) is 0 Å². The predicted octanol–water partition coefficient (Wildman–Crippen LogP) is 3.09. The van der Waals surface area contributed by atoms with Gasteiger partial charge in [-0.15, -0.1) is 0 Å². The van der Waals surface area contributed by atoms with E-state index in [4.69, 9.17) is 4.74 Å². The van der Waals surface area contributed by atoms with E-state index in [-0.39, 0.29) is 0 Å². The molecule has 16 heavy (non-hydrogen) atoms. The van der Waals surface area contributed by atoms with E-state index < -0.39 is 40.7 Å². The smallest absolute Gasteiger partial charge is 0.192 e. The van der Waals surface area contributed by atoms with E-state index in [2.05, 4.69) is 0 Å². The highest BCUT2D eigenvalue weighted by atomic mass is 19.1. The molecular formula is C11H11F3O2. The average Bonchev–Trinajstić information content (AvgIpc) is 2.10. The van der Waals surface area contributed by atoms with Crippen LogP contribution in [0.2, 0.25) is 0 Å². The van der Waals surface area contributed by atoms with Gasteiger partial charge >= 0.3 is 0 Å². The Morgan fingerprint density at radius 3 is 2.25 bits per heavy atom. The maximum absolute atomic E-state index is 13.6. The van der Waals surface area contributed by atoms with Crippen molar-refractivity contribution in [2.45, 2.75) is 26.9 Å². The first-order valence-electron chi connectivity index (χ1n) is 4.69. The number of hydrogen-bond acceptors (Lipinski definition) is 2. The van der Waals surface area contributed by atoms with Crippen LogP contribution in [0.4, 0.5) is 13.2 Å².